The maximum absolute atomic E-state index is 12.9. The molecule has 1 N–H and O–H groups in total. The molecular weight excluding hydrogens is 366 g/mol. The number of nitrogens with zero attached hydrogens (tertiary/aromatic N) is 2. The Labute approximate surface area is 160 Å². The fourth-order valence-corrected chi connectivity index (χ4v) is 6.51. The molecule has 3 heterocycles. The fraction of sp³-hybridized carbons (Fsp3) is 0.632. The largest absolute Gasteiger partial charge is 0.493 e. The lowest BCUT2D eigenvalue weighted by Gasteiger charge is -2.52. The third-order valence-corrected chi connectivity index (χ3v) is 8.24. The first-order chi connectivity index (χ1) is 12.9. The summed E-state index contributed by atoms with van der Waals surface area (Å²) >= 11 is 0. The molecule has 7 nitrogen and oxygen atoms in total. The van der Waals surface area contributed by atoms with Crippen LogP contribution in [0, 0.1) is 5.41 Å². The number of benzene rings is 1. The van der Waals surface area contributed by atoms with Gasteiger partial charge in [0.1, 0.15) is 5.75 Å². The van der Waals surface area contributed by atoms with Gasteiger partial charge in [-0.05, 0) is 30.0 Å². The molecule has 1 aromatic carbocycles. The van der Waals surface area contributed by atoms with Crippen LogP contribution in [0.5, 0.6) is 5.75 Å². The van der Waals surface area contributed by atoms with Gasteiger partial charge in [-0.15, -0.1) is 0 Å². The summed E-state index contributed by atoms with van der Waals surface area (Å²) in [5.41, 5.74) is 1.76. The first-order valence-corrected chi connectivity index (χ1v) is 11.1. The molecule has 2 saturated heterocycles. The molecule has 2 atom stereocenters. The normalized spacial score (nSPS) is 30.2. The van der Waals surface area contributed by atoms with Crippen molar-refractivity contribution in [1.29, 1.82) is 0 Å². The smallest absolute Gasteiger partial charge is 0.228 e. The van der Waals surface area contributed by atoms with E-state index < -0.39 is 15.4 Å². The Kier molecular flexibility index (Phi) is 4.68. The monoisotopic (exact) mass is 393 g/mol. The zero-order valence-electron chi connectivity index (χ0n) is 15.9. The molecule has 3 aliphatic heterocycles. The number of ether oxygens (including phenoxy) is 1. The van der Waals surface area contributed by atoms with Gasteiger partial charge in [0.2, 0.25) is 15.9 Å². The minimum absolute atomic E-state index is 0.0252. The molecule has 8 heteroatoms. The highest BCUT2D eigenvalue weighted by Gasteiger charge is 2.55. The third-order valence-electron chi connectivity index (χ3n) is 6.39. The molecule has 0 spiro atoms. The number of sulfonamides is 1. The lowest BCUT2D eigenvalue weighted by molar-refractivity contribution is -0.139. The van der Waals surface area contributed by atoms with E-state index in [4.69, 9.17) is 4.74 Å². The average Bonchev–Trinajstić information content (AvgIpc) is 3.12. The number of hydrogen-bond acceptors (Lipinski definition) is 5. The highest BCUT2D eigenvalue weighted by Crippen LogP contribution is 2.42. The van der Waals surface area contributed by atoms with E-state index in [0.717, 1.165) is 31.9 Å². The van der Waals surface area contributed by atoms with Gasteiger partial charge >= 0.3 is 0 Å². The van der Waals surface area contributed by atoms with Crippen LogP contribution in [0.3, 0.4) is 0 Å². The number of carbonyl (C=O) groups excluding carboxylic acids is 1. The first kappa shape index (κ1) is 18.7. The van der Waals surface area contributed by atoms with Crippen LogP contribution >= 0.6 is 0 Å². The van der Waals surface area contributed by atoms with Gasteiger partial charge in [-0.2, -0.15) is 0 Å². The van der Waals surface area contributed by atoms with Crippen molar-refractivity contribution in [3.63, 3.8) is 0 Å². The van der Waals surface area contributed by atoms with Gasteiger partial charge in [-0.1, -0.05) is 12.1 Å². The molecule has 0 bridgehead atoms. The van der Waals surface area contributed by atoms with E-state index >= 15 is 0 Å². The standard InChI is InChI=1S/C19H27N3O4S/c1-20-18(23)19-7-10-27(24,25)21(2)17(19)5-8-22(13-19)12-14-3-4-16-15(11-14)6-9-26-16/h3-4,11,17H,5-10,12-13H2,1-2H3,(H,20,23)/t17-,19+/m1/s1. The van der Waals surface area contributed by atoms with E-state index in [1.54, 1.807) is 14.1 Å². The molecule has 0 saturated carbocycles. The number of piperidine rings is 1. The van der Waals surface area contributed by atoms with E-state index in [2.05, 4.69) is 22.3 Å². The lowest BCUT2D eigenvalue weighted by Crippen LogP contribution is -2.66. The molecule has 1 amide bonds. The van der Waals surface area contributed by atoms with Gasteiger partial charge in [0, 0.05) is 46.2 Å². The summed E-state index contributed by atoms with van der Waals surface area (Å²) in [6, 6.07) is 6.03. The molecular formula is C19H27N3O4S. The van der Waals surface area contributed by atoms with Crippen LogP contribution in [0.4, 0.5) is 0 Å². The summed E-state index contributed by atoms with van der Waals surface area (Å²) in [5.74, 6) is 0.942. The van der Waals surface area contributed by atoms with Crippen LogP contribution < -0.4 is 10.1 Å². The van der Waals surface area contributed by atoms with Crippen molar-refractivity contribution in [1.82, 2.24) is 14.5 Å². The SMILES string of the molecule is CNC(=O)[C@]12CCS(=O)(=O)N(C)[C@@H]1CCN(Cc1ccc3c(c1)CCO3)C2. The second-order valence-corrected chi connectivity index (χ2v) is 10.0. The fourth-order valence-electron chi connectivity index (χ4n) is 4.91. The summed E-state index contributed by atoms with van der Waals surface area (Å²) in [4.78, 5) is 15.1. The number of nitrogens with one attached hydrogen (secondary N) is 1. The lowest BCUT2D eigenvalue weighted by atomic mass is 9.72. The number of likely N-dealkylation sites (tertiary alicyclic amines) is 1. The number of carbonyl (C=O) groups is 1. The minimum atomic E-state index is -3.27. The predicted octanol–water partition coefficient (Wildman–Crippen LogP) is 0.594. The maximum atomic E-state index is 12.9. The van der Waals surface area contributed by atoms with E-state index in [1.165, 1.54) is 15.4 Å². The van der Waals surface area contributed by atoms with Crippen molar-refractivity contribution >= 4 is 15.9 Å². The van der Waals surface area contributed by atoms with Crippen LogP contribution in [-0.4, -0.2) is 69.1 Å². The van der Waals surface area contributed by atoms with Crippen LogP contribution in [-0.2, 0) is 27.8 Å². The Balaban J connectivity index is 1.57. The molecule has 3 aliphatic rings. The van der Waals surface area contributed by atoms with Crippen molar-refractivity contribution in [3.05, 3.63) is 29.3 Å². The van der Waals surface area contributed by atoms with Gasteiger partial charge in [-0.3, -0.25) is 9.69 Å². The molecule has 4 rings (SSSR count). The van der Waals surface area contributed by atoms with E-state index in [0.29, 0.717) is 19.4 Å². The second-order valence-electron chi connectivity index (χ2n) is 7.87. The second kappa shape index (κ2) is 6.76. The highest BCUT2D eigenvalue weighted by atomic mass is 32.2. The summed E-state index contributed by atoms with van der Waals surface area (Å²) in [6.07, 6.45) is 1.98. The van der Waals surface area contributed by atoms with Crippen molar-refractivity contribution in [2.24, 2.45) is 5.41 Å². The highest BCUT2D eigenvalue weighted by molar-refractivity contribution is 7.89. The van der Waals surface area contributed by atoms with Gasteiger partial charge in [0.25, 0.3) is 0 Å². The number of amides is 1. The summed E-state index contributed by atoms with van der Waals surface area (Å²) in [7, 11) is -0.0203. The van der Waals surface area contributed by atoms with Gasteiger partial charge < -0.3 is 10.1 Å². The zero-order chi connectivity index (χ0) is 19.2. The van der Waals surface area contributed by atoms with Crippen molar-refractivity contribution in [3.8, 4) is 5.75 Å². The summed E-state index contributed by atoms with van der Waals surface area (Å²) < 4.78 is 31.7. The number of rotatable bonds is 3. The van der Waals surface area contributed by atoms with Crippen LogP contribution in [0.1, 0.15) is 24.0 Å². The Morgan fingerprint density at radius 1 is 1.41 bits per heavy atom. The van der Waals surface area contributed by atoms with Gasteiger partial charge in [0.05, 0.1) is 17.8 Å². The quantitative estimate of drug-likeness (QED) is 0.813. The molecule has 0 aromatic heterocycles. The maximum Gasteiger partial charge on any atom is 0.228 e. The van der Waals surface area contributed by atoms with Crippen molar-refractivity contribution < 1.29 is 17.9 Å². The molecule has 0 radical (unpaired) electrons. The summed E-state index contributed by atoms with van der Waals surface area (Å²) in [5, 5.41) is 2.79. The van der Waals surface area contributed by atoms with Gasteiger partial charge in [0.15, 0.2) is 0 Å². The molecule has 2 fully saturated rings. The number of fused-ring (bicyclic) bond motifs is 2. The van der Waals surface area contributed by atoms with Crippen molar-refractivity contribution in [2.45, 2.75) is 31.8 Å². The first-order valence-electron chi connectivity index (χ1n) is 9.50. The molecule has 148 valence electrons. The molecule has 0 unspecified atom stereocenters. The predicted molar refractivity (Wildman–Crippen MR) is 102 cm³/mol. The van der Waals surface area contributed by atoms with E-state index in [-0.39, 0.29) is 17.7 Å². The van der Waals surface area contributed by atoms with E-state index in [1.807, 2.05) is 6.07 Å². The van der Waals surface area contributed by atoms with Crippen molar-refractivity contribution in [2.75, 3.05) is 39.5 Å². The van der Waals surface area contributed by atoms with Crippen LogP contribution in [0.2, 0.25) is 0 Å². The molecule has 1 aromatic rings. The zero-order valence-corrected chi connectivity index (χ0v) is 16.7. The molecule has 27 heavy (non-hydrogen) atoms. The summed E-state index contributed by atoms with van der Waals surface area (Å²) in [6.45, 7) is 2.85. The number of hydrogen-bond donors (Lipinski definition) is 1. The van der Waals surface area contributed by atoms with Crippen LogP contribution in [0.15, 0.2) is 18.2 Å². The Morgan fingerprint density at radius 3 is 3.00 bits per heavy atom. The van der Waals surface area contributed by atoms with E-state index in [9.17, 15) is 13.2 Å². The Bertz CT molecular complexity index is 857. The Hall–Kier alpha value is -1.64. The van der Waals surface area contributed by atoms with Gasteiger partial charge in [-0.25, -0.2) is 12.7 Å². The average molecular weight is 394 g/mol. The minimum Gasteiger partial charge on any atom is -0.493 e. The topological polar surface area (TPSA) is 79.0 Å². The van der Waals surface area contributed by atoms with Crippen LogP contribution in [0.25, 0.3) is 0 Å². The third kappa shape index (κ3) is 3.13. The molecule has 0 aliphatic carbocycles. The Morgan fingerprint density at radius 2 is 2.22 bits per heavy atom.